The smallest absolute Gasteiger partial charge is 0.255 e. The van der Waals surface area contributed by atoms with E-state index in [9.17, 15) is 4.79 Å². The predicted octanol–water partition coefficient (Wildman–Crippen LogP) is 2.45. The summed E-state index contributed by atoms with van der Waals surface area (Å²) < 4.78 is 5.46. The number of hydrogen-bond acceptors (Lipinski definition) is 3. The lowest BCUT2D eigenvalue weighted by Gasteiger charge is -2.26. The highest BCUT2D eigenvalue weighted by molar-refractivity contribution is 5.96. The number of carbonyl (C=O) groups excluding carboxylic acids is 1. The largest absolute Gasteiger partial charge is 0.466 e. The molecule has 1 rings (SSSR count). The van der Waals surface area contributed by atoms with Crippen LogP contribution in [0.25, 0.3) is 0 Å². The maximum Gasteiger partial charge on any atom is 0.255 e. The molecular weight excluding hydrogens is 228 g/mol. The van der Waals surface area contributed by atoms with E-state index in [0.717, 1.165) is 24.2 Å². The van der Waals surface area contributed by atoms with Gasteiger partial charge in [-0.05, 0) is 33.6 Å². The molecule has 18 heavy (non-hydrogen) atoms. The Kier molecular flexibility index (Phi) is 4.57. The third-order valence-corrected chi connectivity index (χ3v) is 3.80. The Morgan fingerprint density at radius 1 is 1.22 bits per heavy atom. The van der Waals surface area contributed by atoms with Crippen molar-refractivity contribution >= 4 is 5.91 Å². The molecule has 0 fully saturated rings. The monoisotopic (exact) mass is 252 g/mol. The second-order valence-corrected chi connectivity index (χ2v) is 4.97. The van der Waals surface area contributed by atoms with Crippen molar-refractivity contribution < 1.29 is 9.21 Å². The Hall–Kier alpha value is -1.29. The quantitative estimate of drug-likeness (QED) is 0.845. The Bertz CT molecular complexity index is 431. The number of nitrogens with two attached hydrogens (primary N) is 1. The van der Waals surface area contributed by atoms with Gasteiger partial charge in [-0.25, -0.2) is 0 Å². The van der Waals surface area contributed by atoms with E-state index in [4.69, 9.17) is 10.2 Å². The Morgan fingerprint density at radius 3 is 2.17 bits per heavy atom. The van der Waals surface area contributed by atoms with E-state index in [0.29, 0.717) is 17.9 Å². The summed E-state index contributed by atoms with van der Waals surface area (Å²) in [5, 5.41) is 2.91. The molecule has 0 spiro atoms. The van der Waals surface area contributed by atoms with Crippen LogP contribution >= 0.6 is 0 Å². The van der Waals surface area contributed by atoms with E-state index in [-0.39, 0.29) is 11.4 Å². The molecule has 0 aromatic carbocycles. The fraction of sp³-hybridized carbons (Fsp3) is 0.643. The highest BCUT2D eigenvalue weighted by atomic mass is 16.3. The molecule has 0 aliphatic heterocycles. The molecule has 0 saturated carbocycles. The number of amides is 1. The zero-order valence-electron chi connectivity index (χ0n) is 12.0. The first kappa shape index (κ1) is 14.8. The van der Waals surface area contributed by atoms with Crippen LogP contribution in [0.5, 0.6) is 0 Å². The molecule has 1 aromatic heterocycles. The van der Waals surface area contributed by atoms with E-state index in [1.54, 1.807) is 0 Å². The first-order valence-electron chi connectivity index (χ1n) is 6.48. The highest BCUT2D eigenvalue weighted by Crippen LogP contribution is 2.20. The molecule has 0 aliphatic rings. The van der Waals surface area contributed by atoms with E-state index in [2.05, 4.69) is 5.32 Å². The van der Waals surface area contributed by atoms with Crippen LogP contribution in [0.1, 0.15) is 54.1 Å². The van der Waals surface area contributed by atoms with E-state index in [1.165, 1.54) is 0 Å². The van der Waals surface area contributed by atoms with Gasteiger partial charge in [0, 0.05) is 17.6 Å². The lowest BCUT2D eigenvalue weighted by Crippen LogP contribution is -2.49. The Balaban J connectivity index is 2.78. The molecule has 4 nitrogen and oxygen atoms in total. The average molecular weight is 252 g/mol. The van der Waals surface area contributed by atoms with Gasteiger partial charge < -0.3 is 15.5 Å². The lowest BCUT2D eigenvalue weighted by molar-refractivity contribution is 0.0940. The molecule has 0 radical (unpaired) electrons. The standard InChI is InChI=1S/C14H24N2O2/c1-6-14(15,7-2)8-16-13(17)12-9(3)10(4)18-11(12)5/h6-8,15H2,1-5H3,(H,16,17). The van der Waals surface area contributed by atoms with Crippen molar-refractivity contribution in [2.75, 3.05) is 6.54 Å². The molecule has 102 valence electrons. The van der Waals surface area contributed by atoms with Crippen LogP contribution in [0.2, 0.25) is 0 Å². The van der Waals surface area contributed by atoms with Crippen molar-refractivity contribution in [3.05, 3.63) is 22.6 Å². The summed E-state index contributed by atoms with van der Waals surface area (Å²) in [5.74, 6) is 1.36. The summed E-state index contributed by atoms with van der Waals surface area (Å²) in [7, 11) is 0. The van der Waals surface area contributed by atoms with E-state index in [1.807, 2.05) is 34.6 Å². The number of furan rings is 1. The maximum atomic E-state index is 12.2. The summed E-state index contributed by atoms with van der Waals surface area (Å²) in [5.41, 5.74) is 7.39. The third kappa shape index (κ3) is 2.93. The Morgan fingerprint density at radius 2 is 1.78 bits per heavy atom. The van der Waals surface area contributed by atoms with Crippen LogP contribution in [-0.2, 0) is 0 Å². The topological polar surface area (TPSA) is 68.3 Å². The minimum Gasteiger partial charge on any atom is -0.466 e. The van der Waals surface area contributed by atoms with Gasteiger partial charge in [-0.15, -0.1) is 0 Å². The van der Waals surface area contributed by atoms with Crippen molar-refractivity contribution in [1.82, 2.24) is 5.32 Å². The van der Waals surface area contributed by atoms with Crippen LogP contribution in [0, 0.1) is 20.8 Å². The summed E-state index contributed by atoms with van der Waals surface area (Å²) in [6, 6.07) is 0. The lowest BCUT2D eigenvalue weighted by atomic mass is 9.94. The van der Waals surface area contributed by atoms with Crippen molar-refractivity contribution in [1.29, 1.82) is 0 Å². The molecule has 0 unspecified atom stereocenters. The number of nitrogens with one attached hydrogen (secondary N) is 1. The van der Waals surface area contributed by atoms with Gasteiger partial charge in [0.15, 0.2) is 0 Å². The number of carbonyl (C=O) groups is 1. The second-order valence-electron chi connectivity index (χ2n) is 4.97. The van der Waals surface area contributed by atoms with Crippen molar-refractivity contribution in [2.24, 2.45) is 5.73 Å². The summed E-state index contributed by atoms with van der Waals surface area (Å²) >= 11 is 0. The molecule has 1 aromatic rings. The molecule has 0 saturated heterocycles. The van der Waals surface area contributed by atoms with E-state index >= 15 is 0 Å². The molecule has 0 aliphatic carbocycles. The molecule has 1 amide bonds. The minimum absolute atomic E-state index is 0.0985. The van der Waals surface area contributed by atoms with Crippen LogP contribution < -0.4 is 11.1 Å². The Labute approximate surface area is 109 Å². The first-order chi connectivity index (χ1) is 8.34. The number of rotatable bonds is 5. The highest BCUT2D eigenvalue weighted by Gasteiger charge is 2.23. The fourth-order valence-electron chi connectivity index (χ4n) is 1.97. The van der Waals surface area contributed by atoms with Gasteiger partial charge in [-0.3, -0.25) is 4.79 Å². The van der Waals surface area contributed by atoms with Crippen LogP contribution in [0.4, 0.5) is 0 Å². The SMILES string of the molecule is CCC(N)(CC)CNC(=O)c1c(C)oc(C)c1C. The fourth-order valence-corrected chi connectivity index (χ4v) is 1.97. The summed E-state index contributed by atoms with van der Waals surface area (Å²) in [6.45, 7) is 10.1. The second kappa shape index (κ2) is 5.57. The molecular formula is C14H24N2O2. The van der Waals surface area contributed by atoms with Crippen LogP contribution in [0.15, 0.2) is 4.42 Å². The normalized spacial score (nSPS) is 11.7. The number of hydrogen-bond donors (Lipinski definition) is 2. The predicted molar refractivity (Wildman–Crippen MR) is 72.8 cm³/mol. The molecule has 0 atom stereocenters. The van der Waals surface area contributed by atoms with Gasteiger partial charge in [0.05, 0.1) is 5.56 Å². The first-order valence-corrected chi connectivity index (χ1v) is 6.48. The summed E-state index contributed by atoms with van der Waals surface area (Å²) in [4.78, 5) is 12.2. The maximum absolute atomic E-state index is 12.2. The molecule has 4 heteroatoms. The third-order valence-electron chi connectivity index (χ3n) is 3.80. The van der Waals surface area contributed by atoms with Gasteiger partial charge in [0.1, 0.15) is 11.5 Å². The van der Waals surface area contributed by atoms with Crippen molar-refractivity contribution in [3.63, 3.8) is 0 Å². The van der Waals surface area contributed by atoms with Crippen LogP contribution in [-0.4, -0.2) is 18.0 Å². The van der Waals surface area contributed by atoms with Gasteiger partial charge in [-0.1, -0.05) is 13.8 Å². The zero-order valence-corrected chi connectivity index (χ0v) is 12.0. The molecule has 1 heterocycles. The minimum atomic E-state index is -0.323. The van der Waals surface area contributed by atoms with Gasteiger partial charge in [0.25, 0.3) is 5.91 Å². The number of aryl methyl sites for hydroxylation is 2. The van der Waals surface area contributed by atoms with E-state index < -0.39 is 0 Å². The van der Waals surface area contributed by atoms with Gasteiger partial charge in [0.2, 0.25) is 0 Å². The van der Waals surface area contributed by atoms with Crippen LogP contribution in [0.3, 0.4) is 0 Å². The summed E-state index contributed by atoms with van der Waals surface area (Å²) in [6.07, 6.45) is 1.68. The zero-order chi connectivity index (χ0) is 13.9. The average Bonchev–Trinajstić information content (AvgIpc) is 2.60. The molecule has 0 bridgehead atoms. The van der Waals surface area contributed by atoms with Gasteiger partial charge in [-0.2, -0.15) is 0 Å². The van der Waals surface area contributed by atoms with Crippen molar-refractivity contribution in [3.8, 4) is 0 Å². The van der Waals surface area contributed by atoms with Crippen molar-refractivity contribution in [2.45, 2.75) is 53.0 Å². The molecule has 3 N–H and O–H groups in total. The van der Waals surface area contributed by atoms with Gasteiger partial charge >= 0.3 is 0 Å².